The Morgan fingerprint density at radius 1 is 1.32 bits per heavy atom. The summed E-state index contributed by atoms with van der Waals surface area (Å²) in [4.78, 5) is 33.6. The van der Waals surface area contributed by atoms with Crippen LogP contribution in [0.2, 0.25) is 0 Å². The Bertz CT molecular complexity index is 866. The molecule has 2 aliphatic rings. The molecular formula is C19H23F3N4O4S. The smallest absolute Gasteiger partial charge is 0.475 e. The predicted octanol–water partition coefficient (Wildman–Crippen LogP) is 2.76. The first-order valence-corrected chi connectivity index (χ1v) is 10.6. The van der Waals surface area contributed by atoms with Crippen molar-refractivity contribution < 1.29 is 32.7 Å². The van der Waals surface area contributed by atoms with Gasteiger partial charge in [-0.2, -0.15) is 13.2 Å². The molecule has 1 unspecified atom stereocenters. The maximum atomic E-state index is 12.5. The van der Waals surface area contributed by atoms with E-state index in [0.717, 1.165) is 44.2 Å². The molecule has 0 aromatic carbocycles. The number of carbonyl (C=O) groups excluding carboxylic acids is 1. The standard InChI is InChI=1S/C17H22N4O2S.C2HF3O2/c22-17(21-6-2-7-23-21)9-14-10-19(13-16-18-4-8-24-16)12-15-3-1-5-20(15)11-14;3-2(4,5)1(6)7/h1,3-5,8,14H,2,6-7,9-13H2;(H,6,7). The number of carboxylic acid groups (broad SMARTS) is 1. The largest absolute Gasteiger partial charge is 0.490 e. The van der Waals surface area contributed by atoms with Gasteiger partial charge >= 0.3 is 12.1 Å². The molecule has 2 aromatic rings. The Labute approximate surface area is 180 Å². The van der Waals surface area contributed by atoms with Crippen molar-refractivity contribution in [3.8, 4) is 0 Å². The lowest BCUT2D eigenvalue weighted by Crippen LogP contribution is -2.33. The van der Waals surface area contributed by atoms with Gasteiger partial charge in [-0.1, -0.05) is 0 Å². The highest BCUT2D eigenvalue weighted by Crippen LogP contribution is 2.23. The van der Waals surface area contributed by atoms with Gasteiger partial charge in [-0.25, -0.2) is 14.8 Å². The van der Waals surface area contributed by atoms with Crippen LogP contribution in [0, 0.1) is 5.92 Å². The van der Waals surface area contributed by atoms with Crippen LogP contribution >= 0.6 is 11.3 Å². The summed E-state index contributed by atoms with van der Waals surface area (Å²) in [6.07, 6.45) is 0.360. The predicted molar refractivity (Wildman–Crippen MR) is 105 cm³/mol. The number of carbonyl (C=O) groups is 2. The normalized spacial score (nSPS) is 19.3. The van der Waals surface area contributed by atoms with Crippen molar-refractivity contribution in [1.29, 1.82) is 0 Å². The average molecular weight is 460 g/mol. The fourth-order valence-corrected chi connectivity index (χ4v) is 4.19. The van der Waals surface area contributed by atoms with E-state index >= 15 is 0 Å². The van der Waals surface area contributed by atoms with Crippen LogP contribution in [0.1, 0.15) is 23.5 Å². The van der Waals surface area contributed by atoms with Crippen molar-refractivity contribution in [1.82, 2.24) is 19.5 Å². The highest BCUT2D eigenvalue weighted by atomic mass is 32.1. The van der Waals surface area contributed by atoms with Gasteiger partial charge in [-0.3, -0.25) is 14.5 Å². The molecule has 0 spiro atoms. The molecule has 1 saturated heterocycles. The summed E-state index contributed by atoms with van der Waals surface area (Å²) in [6.45, 7) is 4.92. The molecular weight excluding hydrogens is 437 g/mol. The van der Waals surface area contributed by atoms with E-state index in [9.17, 15) is 18.0 Å². The number of thiazole rings is 1. The third-order valence-corrected chi connectivity index (χ3v) is 5.62. The monoisotopic (exact) mass is 460 g/mol. The second kappa shape index (κ2) is 10.2. The summed E-state index contributed by atoms with van der Waals surface area (Å²) in [6, 6.07) is 4.26. The van der Waals surface area contributed by atoms with Crippen LogP contribution in [-0.2, 0) is 34.1 Å². The molecule has 0 radical (unpaired) electrons. The molecule has 12 heteroatoms. The van der Waals surface area contributed by atoms with Crippen LogP contribution in [0.15, 0.2) is 29.9 Å². The summed E-state index contributed by atoms with van der Waals surface area (Å²) >= 11 is 1.69. The number of aromatic nitrogens is 2. The lowest BCUT2D eigenvalue weighted by Gasteiger charge is -2.24. The molecule has 0 bridgehead atoms. The topological polar surface area (TPSA) is 87.9 Å². The number of rotatable bonds is 4. The van der Waals surface area contributed by atoms with Gasteiger partial charge in [0.25, 0.3) is 0 Å². The Morgan fingerprint density at radius 3 is 2.71 bits per heavy atom. The second-order valence-corrected chi connectivity index (χ2v) is 8.28. The van der Waals surface area contributed by atoms with Gasteiger partial charge < -0.3 is 9.67 Å². The quantitative estimate of drug-likeness (QED) is 0.755. The Kier molecular flexibility index (Phi) is 7.68. The summed E-state index contributed by atoms with van der Waals surface area (Å²) in [5.74, 6) is -2.36. The molecule has 2 aromatic heterocycles. The van der Waals surface area contributed by atoms with Crippen LogP contribution in [-0.4, -0.2) is 62.4 Å². The highest BCUT2D eigenvalue weighted by molar-refractivity contribution is 7.09. The van der Waals surface area contributed by atoms with E-state index in [0.29, 0.717) is 13.0 Å². The molecule has 170 valence electrons. The van der Waals surface area contributed by atoms with Gasteiger partial charge in [0.2, 0.25) is 5.91 Å². The zero-order valence-electron chi connectivity index (χ0n) is 16.6. The molecule has 1 fully saturated rings. The van der Waals surface area contributed by atoms with Gasteiger partial charge in [-0.15, -0.1) is 11.3 Å². The van der Waals surface area contributed by atoms with Gasteiger partial charge in [0.1, 0.15) is 5.01 Å². The van der Waals surface area contributed by atoms with Crippen LogP contribution < -0.4 is 0 Å². The van der Waals surface area contributed by atoms with Crippen LogP contribution in [0.4, 0.5) is 13.2 Å². The summed E-state index contributed by atoms with van der Waals surface area (Å²) in [5, 5.41) is 11.8. The molecule has 0 saturated carbocycles. The molecule has 2 aliphatic heterocycles. The number of nitrogens with zero attached hydrogens (tertiary/aromatic N) is 4. The van der Waals surface area contributed by atoms with Crippen LogP contribution in [0.25, 0.3) is 0 Å². The number of amides is 1. The van der Waals surface area contributed by atoms with Crippen LogP contribution in [0.5, 0.6) is 0 Å². The second-order valence-electron chi connectivity index (χ2n) is 7.30. The zero-order valence-corrected chi connectivity index (χ0v) is 17.4. The fourth-order valence-electron chi connectivity index (χ4n) is 3.53. The molecule has 4 heterocycles. The number of aliphatic carboxylic acids is 1. The number of carboxylic acids is 1. The molecule has 4 rings (SSSR count). The Hall–Kier alpha value is -2.44. The van der Waals surface area contributed by atoms with E-state index in [-0.39, 0.29) is 11.8 Å². The first-order valence-electron chi connectivity index (χ1n) is 9.70. The number of alkyl halides is 3. The van der Waals surface area contributed by atoms with Crippen molar-refractivity contribution in [2.75, 3.05) is 19.7 Å². The summed E-state index contributed by atoms with van der Waals surface area (Å²) in [5.41, 5.74) is 1.30. The summed E-state index contributed by atoms with van der Waals surface area (Å²) < 4.78 is 34.0. The number of hydrogen-bond donors (Lipinski definition) is 1. The van der Waals surface area contributed by atoms with Crippen molar-refractivity contribution in [2.24, 2.45) is 5.92 Å². The van der Waals surface area contributed by atoms with Gasteiger partial charge in [0.05, 0.1) is 19.7 Å². The van der Waals surface area contributed by atoms with Crippen molar-refractivity contribution >= 4 is 23.2 Å². The molecule has 1 N–H and O–H groups in total. The maximum Gasteiger partial charge on any atom is 0.490 e. The molecule has 1 amide bonds. The third kappa shape index (κ3) is 6.77. The minimum atomic E-state index is -5.08. The maximum absolute atomic E-state index is 12.5. The van der Waals surface area contributed by atoms with Crippen molar-refractivity contribution in [3.05, 3.63) is 40.6 Å². The van der Waals surface area contributed by atoms with Crippen molar-refractivity contribution in [2.45, 2.75) is 38.7 Å². The number of halogens is 3. The van der Waals surface area contributed by atoms with Crippen LogP contribution in [0.3, 0.4) is 0 Å². The van der Waals surface area contributed by atoms with E-state index in [1.54, 1.807) is 16.4 Å². The molecule has 0 aliphatic carbocycles. The number of hydrogen-bond acceptors (Lipinski definition) is 6. The lowest BCUT2D eigenvalue weighted by molar-refractivity contribution is -0.192. The highest BCUT2D eigenvalue weighted by Gasteiger charge is 2.38. The van der Waals surface area contributed by atoms with E-state index in [2.05, 4.69) is 32.8 Å². The van der Waals surface area contributed by atoms with E-state index in [4.69, 9.17) is 14.7 Å². The molecule has 31 heavy (non-hydrogen) atoms. The van der Waals surface area contributed by atoms with Gasteiger partial charge in [0, 0.05) is 49.5 Å². The lowest BCUT2D eigenvalue weighted by atomic mass is 10.0. The minimum absolute atomic E-state index is 0.113. The first-order chi connectivity index (χ1) is 14.7. The molecule has 1 atom stereocenters. The third-order valence-electron chi connectivity index (χ3n) is 4.86. The Balaban J connectivity index is 0.000000339. The zero-order chi connectivity index (χ0) is 22.4. The van der Waals surface area contributed by atoms with E-state index in [1.165, 1.54) is 5.69 Å². The van der Waals surface area contributed by atoms with Gasteiger partial charge in [0.15, 0.2) is 0 Å². The average Bonchev–Trinajstić information content (AvgIpc) is 3.44. The minimum Gasteiger partial charge on any atom is -0.475 e. The summed E-state index contributed by atoms with van der Waals surface area (Å²) in [7, 11) is 0. The van der Waals surface area contributed by atoms with Gasteiger partial charge in [-0.05, 0) is 24.5 Å². The van der Waals surface area contributed by atoms with E-state index in [1.807, 2.05) is 11.6 Å². The Morgan fingerprint density at radius 2 is 2.10 bits per heavy atom. The molecule has 8 nitrogen and oxygen atoms in total. The fraction of sp³-hybridized carbons (Fsp3) is 0.526. The first kappa shape index (κ1) is 23.2. The number of fused-ring (bicyclic) bond motifs is 1. The van der Waals surface area contributed by atoms with Crippen molar-refractivity contribution in [3.63, 3.8) is 0 Å². The van der Waals surface area contributed by atoms with E-state index < -0.39 is 12.1 Å². The number of hydroxylamine groups is 2. The SMILES string of the molecule is O=C(CC1CN(Cc2nccs2)Cc2cccn2C1)N1CCCO1.O=C(O)C(F)(F)F.